The molecule has 4 aliphatic rings. The lowest BCUT2D eigenvalue weighted by molar-refractivity contribution is 0.261. The summed E-state index contributed by atoms with van der Waals surface area (Å²) in [6, 6.07) is 54.9. The fourth-order valence-corrected chi connectivity index (χ4v) is 10.3. The molecular formula is C59H45NO. The standard InChI is InChI=1S/C59H45NO/c1-40-37-46(41-17-5-3-6-18-41)39-54(45-31-34-50-44(38-45)28-27-42-19-7-8-20-48(42)50)60-57(40)51-22-10-9-21-49(51)43-29-32-47(33-30-43)59(58(2)35-15-4-16-36-58)52-23-11-13-25-55(52)61-56-26-14-12-24-53(56)59/h4-5,7-35,37-39H,1,3,6,36H2,2H3. The lowest BCUT2D eigenvalue weighted by atomic mass is 9.51. The van der Waals surface area contributed by atoms with Crippen molar-refractivity contribution in [3.8, 4) is 22.6 Å². The normalized spacial score (nSPS) is 18.9. The molecule has 0 amide bonds. The zero-order chi connectivity index (χ0) is 41.0. The predicted octanol–water partition coefficient (Wildman–Crippen LogP) is 15.2. The third-order valence-corrected chi connectivity index (χ3v) is 13.3. The van der Waals surface area contributed by atoms with Gasteiger partial charge in [-0.1, -0.05) is 189 Å². The summed E-state index contributed by atoms with van der Waals surface area (Å²) in [5.74, 6) is 1.81. The molecule has 2 aliphatic heterocycles. The molecule has 0 radical (unpaired) electrons. The Hall–Kier alpha value is -7.29. The highest BCUT2D eigenvalue weighted by Crippen LogP contribution is 2.62. The van der Waals surface area contributed by atoms with Crippen molar-refractivity contribution in [2.75, 3.05) is 0 Å². The summed E-state index contributed by atoms with van der Waals surface area (Å²) in [4.78, 5) is 5.57. The summed E-state index contributed by atoms with van der Waals surface area (Å²) >= 11 is 0. The molecule has 0 fully saturated rings. The first-order chi connectivity index (χ1) is 30.0. The molecular weight excluding hydrogens is 739 g/mol. The number of para-hydroxylation sites is 2. The van der Waals surface area contributed by atoms with Gasteiger partial charge in [0.25, 0.3) is 0 Å². The number of hydrogen-bond acceptors (Lipinski definition) is 2. The molecule has 0 N–H and O–H groups in total. The van der Waals surface area contributed by atoms with Gasteiger partial charge in [-0.05, 0) is 105 Å². The Balaban J connectivity index is 1.05. The highest BCUT2D eigenvalue weighted by atomic mass is 16.5. The zero-order valence-electron chi connectivity index (χ0n) is 34.3. The van der Waals surface area contributed by atoms with Crippen molar-refractivity contribution < 1.29 is 4.74 Å². The van der Waals surface area contributed by atoms with Gasteiger partial charge in [0, 0.05) is 27.7 Å². The van der Waals surface area contributed by atoms with Gasteiger partial charge in [-0.3, -0.25) is 0 Å². The van der Waals surface area contributed by atoms with Gasteiger partial charge >= 0.3 is 0 Å². The quantitative estimate of drug-likeness (QED) is 0.154. The van der Waals surface area contributed by atoms with Crippen LogP contribution in [-0.2, 0) is 5.41 Å². The highest BCUT2D eigenvalue weighted by Gasteiger charge is 2.54. The van der Waals surface area contributed by atoms with Gasteiger partial charge in [0.1, 0.15) is 11.5 Å². The van der Waals surface area contributed by atoms with E-state index in [0.717, 1.165) is 75.6 Å². The van der Waals surface area contributed by atoms with Crippen LogP contribution in [0.25, 0.3) is 38.4 Å². The molecule has 292 valence electrons. The van der Waals surface area contributed by atoms with E-state index in [1.54, 1.807) is 0 Å². The van der Waals surface area contributed by atoms with E-state index in [1.807, 2.05) is 0 Å². The van der Waals surface area contributed by atoms with Gasteiger partial charge < -0.3 is 4.74 Å². The monoisotopic (exact) mass is 783 g/mol. The zero-order valence-corrected chi connectivity index (χ0v) is 34.3. The lowest BCUT2D eigenvalue weighted by Gasteiger charge is -2.52. The van der Waals surface area contributed by atoms with Crippen molar-refractivity contribution in [3.63, 3.8) is 0 Å². The Morgan fingerprint density at radius 2 is 1.28 bits per heavy atom. The van der Waals surface area contributed by atoms with Crippen LogP contribution in [0.1, 0.15) is 54.0 Å². The number of fused-ring (bicyclic) bond motifs is 5. The Kier molecular flexibility index (Phi) is 8.90. The Morgan fingerprint density at radius 1 is 0.590 bits per heavy atom. The minimum absolute atomic E-state index is 0.268. The number of benzene rings is 7. The lowest BCUT2D eigenvalue weighted by Crippen LogP contribution is -2.46. The molecule has 61 heavy (non-hydrogen) atoms. The summed E-state index contributed by atoms with van der Waals surface area (Å²) < 4.78 is 6.63. The van der Waals surface area contributed by atoms with Gasteiger partial charge in [0.2, 0.25) is 0 Å². The second kappa shape index (κ2) is 14.8. The summed E-state index contributed by atoms with van der Waals surface area (Å²) in [6.45, 7) is 7.09. The van der Waals surface area contributed by atoms with Gasteiger partial charge in [-0.2, -0.15) is 0 Å². The number of ether oxygens (including phenoxy) is 1. The van der Waals surface area contributed by atoms with E-state index >= 15 is 0 Å². The van der Waals surface area contributed by atoms with Crippen molar-refractivity contribution in [2.24, 2.45) is 10.4 Å². The number of rotatable bonds is 6. The van der Waals surface area contributed by atoms with Gasteiger partial charge in [-0.25, -0.2) is 4.99 Å². The second-order valence-electron chi connectivity index (χ2n) is 16.9. The molecule has 7 aromatic rings. The van der Waals surface area contributed by atoms with Crippen LogP contribution < -0.4 is 4.74 Å². The maximum absolute atomic E-state index is 6.63. The minimum atomic E-state index is -0.507. The average Bonchev–Trinajstić information content (AvgIpc) is 3.49. The molecule has 2 aliphatic carbocycles. The first-order valence-corrected chi connectivity index (χ1v) is 21.4. The van der Waals surface area contributed by atoms with Gasteiger partial charge in [-0.15, -0.1) is 0 Å². The number of hydrogen-bond donors (Lipinski definition) is 0. The Morgan fingerprint density at radius 3 is 2.03 bits per heavy atom. The molecule has 2 heteroatoms. The van der Waals surface area contributed by atoms with Gasteiger partial charge in [0.05, 0.1) is 16.8 Å². The van der Waals surface area contributed by atoms with Crippen molar-refractivity contribution in [3.05, 3.63) is 257 Å². The molecule has 2 nitrogen and oxygen atoms in total. The van der Waals surface area contributed by atoms with Crippen LogP contribution in [0.5, 0.6) is 11.5 Å². The summed E-state index contributed by atoms with van der Waals surface area (Å²) in [5, 5.41) is 4.94. The van der Waals surface area contributed by atoms with Crippen molar-refractivity contribution >= 4 is 33.0 Å². The maximum Gasteiger partial charge on any atom is 0.131 e. The number of allylic oxidation sites excluding steroid dienone is 12. The van der Waals surface area contributed by atoms with E-state index in [2.05, 4.69) is 213 Å². The summed E-state index contributed by atoms with van der Waals surface area (Å²) in [5.41, 5.74) is 12.2. The highest BCUT2D eigenvalue weighted by molar-refractivity contribution is 6.20. The largest absolute Gasteiger partial charge is 0.457 e. The van der Waals surface area contributed by atoms with Crippen LogP contribution in [0.2, 0.25) is 0 Å². The van der Waals surface area contributed by atoms with Crippen LogP contribution in [0, 0.1) is 5.41 Å². The first kappa shape index (κ1) is 36.8. The molecule has 0 saturated heterocycles. The molecule has 0 aromatic heterocycles. The minimum Gasteiger partial charge on any atom is -0.457 e. The maximum atomic E-state index is 6.63. The smallest absolute Gasteiger partial charge is 0.131 e. The van der Waals surface area contributed by atoms with Crippen LogP contribution in [0.4, 0.5) is 0 Å². The SMILES string of the molecule is C=C1C=C(C2=CCCC=C2)C=C(c2ccc3c(ccc4ccccc43)c2)N=C1c1ccccc1-c1ccc(C2(C3(C)C=CC=CC3)c3ccccc3Oc3ccccc32)cc1. The Bertz CT molecular complexity index is 3120. The van der Waals surface area contributed by atoms with E-state index in [1.165, 1.54) is 43.8 Å². The van der Waals surface area contributed by atoms with E-state index in [-0.39, 0.29) is 5.41 Å². The third kappa shape index (κ3) is 6.05. The Labute approximate surface area is 358 Å². The van der Waals surface area contributed by atoms with Crippen molar-refractivity contribution in [2.45, 2.75) is 31.6 Å². The van der Waals surface area contributed by atoms with Crippen LogP contribution >= 0.6 is 0 Å². The third-order valence-electron chi connectivity index (χ3n) is 13.3. The van der Waals surface area contributed by atoms with E-state index in [4.69, 9.17) is 16.3 Å². The molecule has 0 spiro atoms. The fraction of sp³-hybridized carbons (Fsp3) is 0.102. The number of nitrogens with zero attached hydrogens (tertiary/aromatic N) is 1. The molecule has 2 heterocycles. The van der Waals surface area contributed by atoms with Crippen LogP contribution in [-0.4, -0.2) is 5.71 Å². The van der Waals surface area contributed by atoms with Crippen LogP contribution in [0.15, 0.2) is 235 Å². The summed E-state index contributed by atoms with van der Waals surface area (Å²) in [6.07, 6.45) is 23.4. The molecule has 1 unspecified atom stereocenters. The first-order valence-electron chi connectivity index (χ1n) is 21.4. The molecule has 0 bridgehead atoms. The van der Waals surface area contributed by atoms with E-state index < -0.39 is 5.41 Å². The van der Waals surface area contributed by atoms with E-state index in [9.17, 15) is 0 Å². The molecule has 11 rings (SSSR count). The predicted molar refractivity (Wildman–Crippen MR) is 255 cm³/mol. The second-order valence-corrected chi connectivity index (χ2v) is 16.9. The molecule has 1 atom stereocenters. The number of aliphatic imine (C=N–C) groups is 1. The fourth-order valence-electron chi connectivity index (χ4n) is 10.3. The van der Waals surface area contributed by atoms with Crippen molar-refractivity contribution in [1.82, 2.24) is 0 Å². The topological polar surface area (TPSA) is 21.6 Å². The molecule has 0 saturated carbocycles. The van der Waals surface area contributed by atoms with Crippen LogP contribution in [0.3, 0.4) is 0 Å². The van der Waals surface area contributed by atoms with E-state index in [0.29, 0.717) is 0 Å². The summed E-state index contributed by atoms with van der Waals surface area (Å²) in [7, 11) is 0. The van der Waals surface area contributed by atoms with Crippen molar-refractivity contribution in [1.29, 1.82) is 0 Å². The molecule has 7 aromatic carbocycles. The van der Waals surface area contributed by atoms with Gasteiger partial charge in [0.15, 0.2) is 0 Å². The average molecular weight is 784 g/mol.